The summed E-state index contributed by atoms with van der Waals surface area (Å²) in [6.07, 6.45) is 0.977. The minimum absolute atomic E-state index is 0.332. The SMILES string of the molecule is COC1CCN(c2ccc([C@@H](C)O)cc2Br)C1. The zero-order valence-electron chi connectivity index (χ0n) is 10.2. The van der Waals surface area contributed by atoms with Gasteiger partial charge in [0.2, 0.25) is 0 Å². The minimum atomic E-state index is -0.425. The summed E-state index contributed by atoms with van der Waals surface area (Å²) in [4.78, 5) is 2.31. The highest BCUT2D eigenvalue weighted by atomic mass is 79.9. The Bertz CT molecular complexity index is 395. The minimum Gasteiger partial charge on any atom is -0.389 e. The lowest BCUT2D eigenvalue weighted by Gasteiger charge is -2.21. The molecule has 1 saturated heterocycles. The second kappa shape index (κ2) is 5.38. The van der Waals surface area contributed by atoms with Crippen LogP contribution in [0.5, 0.6) is 0 Å². The fraction of sp³-hybridized carbons (Fsp3) is 0.538. The van der Waals surface area contributed by atoms with Gasteiger partial charge in [0, 0.05) is 24.7 Å². The average Bonchev–Trinajstić information content (AvgIpc) is 2.77. The number of benzene rings is 1. The van der Waals surface area contributed by atoms with Crippen LogP contribution in [0.3, 0.4) is 0 Å². The molecule has 0 saturated carbocycles. The number of aliphatic hydroxyl groups is 1. The molecular weight excluding hydrogens is 282 g/mol. The van der Waals surface area contributed by atoms with Gasteiger partial charge in [-0.25, -0.2) is 0 Å². The summed E-state index contributed by atoms with van der Waals surface area (Å²) in [6.45, 7) is 3.73. The fourth-order valence-corrected chi connectivity index (χ4v) is 2.83. The maximum absolute atomic E-state index is 9.53. The van der Waals surface area contributed by atoms with Crippen LogP contribution in [0.25, 0.3) is 0 Å². The summed E-state index contributed by atoms with van der Waals surface area (Å²) in [6, 6.07) is 6.02. The van der Waals surface area contributed by atoms with E-state index in [2.05, 4.69) is 26.9 Å². The van der Waals surface area contributed by atoms with Crippen LogP contribution in [-0.2, 0) is 4.74 Å². The molecule has 0 bridgehead atoms. The van der Waals surface area contributed by atoms with Crippen LogP contribution in [0, 0.1) is 0 Å². The third-order valence-corrected chi connectivity index (χ3v) is 3.91. The first-order valence-electron chi connectivity index (χ1n) is 5.87. The van der Waals surface area contributed by atoms with Gasteiger partial charge in [-0.3, -0.25) is 0 Å². The van der Waals surface area contributed by atoms with E-state index in [9.17, 15) is 5.11 Å². The molecule has 3 nitrogen and oxygen atoms in total. The molecule has 1 heterocycles. The number of ether oxygens (including phenoxy) is 1. The Kier molecular flexibility index (Phi) is 4.07. The second-order valence-corrected chi connectivity index (χ2v) is 5.33. The van der Waals surface area contributed by atoms with Crippen LogP contribution in [-0.4, -0.2) is 31.4 Å². The average molecular weight is 300 g/mol. The molecule has 0 aromatic heterocycles. The van der Waals surface area contributed by atoms with Crippen molar-refractivity contribution in [2.75, 3.05) is 25.1 Å². The van der Waals surface area contributed by atoms with Gasteiger partial charge in [0.05, 0.1) is 17.9 Å². The molecule has 2 rings (SSSR count). The Labute approximate surface area is 111 Å². The van der Waals surface area contributed by atoms with Crippen molar-refractivity contribution in [1.82, 2.24) is 0 Å². The third-order valence-electron chi connectivity index (χ3n) is 3.27. The van der Waals surface area contributed by atoms with Crippen molar-refractivity contribution >= 4 is 21.6 Å². The number of methoxy groups -OCH3 is 1. The van der Waals surface area contributed by atoms with E-state index in [0.29, 0.717) is 6.10 Å². The molecule has 94 valence electrons. The van der Waals surface area contributed by atoms with E-state index >= 15 is 0 Å². The number of anilines is 1. The molecule has 17 heavy (non-hydrogen) atoms. The van der Waals surface area contributed by atoms with E-state index in [1.165, 1.54) is 5.69 Å². The van der Waals surface area contributed by atoms with E-state index in [0.717, 1.165) is 29.5 Å². The Morgan fingerprint density at radius 1 is 1.53 bits per heavy atom. The summed E-state index contributed by atoms with van der Waals surface area (Å²) in [5, 5.41) is 9.53. The standard InChI is InChI=1S/C13H18BrNO2/c1-9(16)10-3-4-13(12(14)7-10)15-6-5-11(8-15)17-2/h3-4,7,9,11,16H,5-6,8H2,1-2H3/t9-,11?/m1/s1. The summed E-state index contributed by atoms with van der Waals surface area (Å²) in [5.74, 6) is 0. The molecule has 1 N–H and O–H groups in total. The summed E-state index contributed by atoms with van der Waals surface area (Å²) < 4.78 is 6.40. The van der Waals surface area contributed by atoms with Gasteiger partial charge in [-0.2, -0.15) is 0 Å². The summed E-state index contributed by atoms with van der Waals surface area (Å²) in [7, 11) is 1.76. The highest BCUT2D eigenvalue weighted by Gasteiger charge is 2.23. The highest BCUT2D eigenvalue weighted by molar-refractivity contribution is 9.10. The molecule has 4 heteroatoms. The number of hydrogen-bond acceptors (Lipinski definition) is 3. The largest absolute Gasteiger partial charge is 0.389 e. The first-order valence-corrected chi connectivity index (χ1v) is 6.66. The van der Waals surface area contributed by atoms with Gasteiger partial charge in [0.25, 0.3) is 0 Å². The highest BCUT2D eigenvalue weighted by Crippen LogP contribution is 2.31. The summed E-state index contributed by atoms with van der Waals surface area (Å²) in [5.41, 5.74) is 2.11. The second-order valence-electron chi connectivity index (χ2n) is 4.48. The summed E-state index contributed by atoms with van der Waals surface area (Å²) >= 11 is 3.57. The van der Waals surface area contributed by atoms with Gasteiger partial charge in [-0.1, -0.05) is 6.07 Å². The van der Waals surface area contributed by atoms with Gasteiger partial charge < -0.3 is 14.7 Å². The number of rotatable bonds is 3. The predicted molar refractivity (Wildman–Crippen MR) is 72.4 cm³/mol. The van der Waals surface area contributed by atoms with E-state index in [-0.39, 0.29) is 0 Å². The van der Waals surface area contributed by atoms with Gasteiger partial charge in [0.15, 0.2) is 0 Å². The normalized spacial score (nSPS) is 21.9. The quantitative estimate of drug-likeness (QED) is 0.931. The first kappa shape index (κ1) is 12.9. The monoisotopic (exact) mass is 299 g/mol. The smallest absolute Gasteiger partial charge is 0.0762 e. The molecular formula is C13H18BrNO2. The van der Waals surface area contributed by atoms with Crippen molar-refractivity contribution in [1.29, 1.82) is 0 Å². The third kappa shape index (κ3) is 2.81. The number of aliphatic hydroxyl groups excluding tert-OH is 1. The fourth-order valence-electron chi connectivity index (χ4n) is 2.18. The molecule has 0 amide bonds. The Hall–Kier alpha value is -0.580. The molecule has 1 unspecified atom stereocenters. The molecule has 0 radical (unpaired) electrons. The van der Waals surface area contributed by atoms with Gasteiger partial charge in [-0.15, -0.1) is 0 Å². The van der Waals surface area contributed by atoms with Crippen molar-refractivity contribution in [3.8, 4) is 0 Å². The number of nitrogens with zero attached hydrogens (tertiary/aromatic N) is 1. The molecule has 0 spiro atoms. The van der Waals surface area contributed by atoms with Crippen molar-refractivity contribution in [3.63, 3.8) is 0 Å². The lowest BCUT2D eigenvalue weighted by Crippen LogP contribution is -2.22. The van der Waals surface area contributed by atoms with E-state index in [4.69, 9.17) is 4.74 Å². The van der Waals surface area contributed by atoms with Crippen molar-refractivity contribution in [3.05, 3.63) is 28.2 Å². The maximum Gasteiger partial charge on any atom is 0.0762 e. The zero-order chi connectivity index (χ0) is 12.4. The van der Waals surface area contributed by atoms with Crippen molar-refractivity contribution in [2.45, 2.75) is 25.6 Å². The lowest BCUT2D eigenvalue weighted by molar-refractivity contribution is 0.121. The molecule has 1 fully saturated rings. The van der Waals surface area contributed by atoms with Crippen molar-refractivity contribution in [2.24, 2.45) is 0 Å². The van der Waals surface area contributed by atoms with E-state index < -0.39 is 6.10 Å². The molecule has 0 aliphatic carbocycles. The van der Waals surface area contributed by atoms with Crippen LogP contribution in [0.2, 0.25) is 0 Å². The number of halogens is 1. The zero-order valence-corrected chi connectivity index (χ0v) is 11.8. The topological polar surface area (TPSA) is 32.7 Å². The molecule has 1 aromatic rings. The van der Waals surface area contributed by atoms with Gasteiger partial charge in [-0.05, 0) is 47.0 Å². The Morgan fingerprint density at radius 3 is 2.82 bits per heavy atom. The van der Waals surface area contributed by atoms with Crippen LogP contribution in [0.15, 0.2) is 22.7 Å². The van der Waals surface area contributed by atoms with E-state index in [1.54, 1.807) is 14.0 Å². The maximum atomic E-state index is 9.53. The molecule has 2 atom stereocenters. The van der Waals surface area contributed by atoms with E-state index in [1.807, 2.05) is 12.1 Å². The Morgan fingerprint density at radius 2 is 2.29 bits per heavy atom. The van der Waals surface area contributed by atoms with Gasteiger partial charge in [0.1, 0.15) is 0 Å². The van der Waals surface area contributed by atoms with Crippen LogP contribution in [0.4, 0.5) is 5.69 Å². The Balaban J connectivity index is 2.17. The molecule has 1 aliphatic heterocycles. The molecule has 1 aromatic carbocycles. The van der Waals surface area contributed by atoms with Crippen molar-refractivity contribution < 1.29 is 9.84 Å². The van der Waals surface area contributed by atoms with Crippen LogP contribution >= 0.6 is 15.9 Å². The predicted octanol–water partition coefficient (Wildman–Crippen LogP) is 2.73. The van der Waals surface area contributed by atoms with Crippen LogP contribution < -0.4 is 4.90 Å². The van der Waals surface area contributed by atoms with Crippen LogP contribution in [0.1, 0.15) is 25.0 Å². The number of hydrogen-bond donors (Lipinski definition) is 1. The van der Waals surface area contributed by atoms with Gasteiger partial charge >= 0.3 is 0 Å². The first-order chi connectivity index (χ1) is 8.11. The lowest BCUT2D eigenvalue weighted by atomic mass is 10.1. The molecule has 1 aliphatic rings.